The van der Waals surface area contributed by atoms with E-state index in [2.05, 4.69) is 92.0 Å². The van der Waals surface area contributed by atoms with Gasteiger partial charge in [0.15, 0.2) is 0 Å². The molecule has 0 aromatic heterocycles. The predicted octanol–water partition coefficient (Wildman–Crippen LogP) is 9.36. The van der Waals surface area contributed by atoms with Crippen molar-refractivity contribution in [2.24, 2.45) is 53.3 Å². The van der Waals surface area contributed by atoms with E-state index in [1.54, 1.807) is 0 Å². The van der Waals surface area contributed by atoms with E-state index in [0.29, 0.717) is 12.0 Å². The SMILES string of the molecule is CC(C)C=CCCC(C)C(C)CCC(C)CC(NCCNCC(C)C)C1CC1C(C)CCCC(C)C. The maximum Gasteiger partial charge on any atom is 0.0101 e. The Bertz CT molecular complexity index is 551. The molecule has 1 aliphatic carbocycles. The summed E-state index contributed by atoms with van der Waals surface area (Å²) >= 11 is 0. The van der Waals surface area contributed by atoms with Crippen LogP contribution < -0.4 is 10.6 Å². The van der Waals surface area contributed by atoms with Crippen LogP contribution >= 0.6 is 0 Å². The quantitative estimate of drug-likeness (QED) is 0.113. The molecule has 0 radical (unpaired) electrons. The van der Waals surface area contributed by atoms with Crippen molar-refractivity contribution in [2.45, 2.75) is 133 Å². The molecule has 0 aromatic rings. The van der Waals surface area contributed by atoms with Gasteiger partial charge in [-0.3, -0.25) is 0 Å². The zero-order chi connectivity index (χ0) is 27.1. The Balaban J connectivity index is 2.49. The van der Waals surface area contributed by atoms with Crippen molar-refractivity contribution in [3.8, 4) is 0 Å². The predicted molar refractivity (Wildman–Crippen MR) is 164 cm³/mol. The summed E-state index contributed by atoms with van der Waals surface area (Å²) in [5, 5.41) is 7.67. The molecule has 2 heteroatoms. The summed E-state index contributed by atoms with van der Waals surface area (Å²) < 4.78 is 0. The van der Waals surface area contributed by atoms with Crippen molar-refractivity contribution in [1.29, 1.82) is 0 Å². The van der Waals surface area contributed by atoms with Crippen molar-refractivity contribution >= 4 is 0 Å². The lowest BCUT2D eigenvalue weighted by Gasteiger charge is -2.26. The molecule has 0 heterocycles. The van der Waals surface area contributed by atoms with Crippen LogP contribution in [0.2, 0.25) is 0 Å². The molecule has 7 unspecified atom stereocenters. The van der Waals surface area contributed by atoms with Crippen molar-refractivity contribution < 1.29 is 0 Å². The lowest BCUT2D eigenvalue weighted by atomic mass is 9.84. The molecule has 2 nitrogen and oxygen atoms in total. The van der Waals surface area contributed by atoms with Crippen LogP contribution in [0.3, 0.4) is 0 Å². The van der Waals surface area contributed by atoms with Crippen LogP contribution in [0.5, 0.6) is 0 Å². The second kappa shape index (κ2) is 18.8. The smallest absolute Gasteiger partial charge is 0.0101 e. The molecule has 0 bridgehead atoms. The standard InChI is InChI=1S/C34H68N2/c1-25(2)14-11-12-16-29(8)30(9)19-18-28(7)22-34(36-21-20-35-24-27(5)6)33-23-32(33)31(10)17-13-15-26(3)4/h11,14,25-36H,12-13,15-24H2,1-10H3. The van der Waals surface area contributed by atoms with E-state index in [4.69, 9.17) is 0 Å². The Morgan fingerprint density at radius 2 is 1.42 bits per heavy atom. The Morgan fingerprint density at radius 1 is 0.722 bits per heavy atom. The fourth-order valence-corrected chi connectivity index (χ4v) is 5.96. The van der Waals surface area contributed by atoms with Gasteiger partial charge in [0, 0.05) is 19.1 Å². The topological polar surface area (TPSA) is 24.1 Å². The first-order valence-corrected chi connectivity index (χ1v) is 16.1. The third-order valence-corrected chi connectivity index (χ3v) is 8.89. The molecule has 0 amide bonds. The molecule has 1 fully saturated rings. The average Bonchev–Trinajstić information content (AvgIpc) is 3.59. The lowest BCUT2D eigenvalue weighted by molar-refractivity contribution is 0.283. The van der Waals surface area contributed by atoms with Gasteiger partial charge >= 0.3 is 0 Å². The second-order valence-corrected chi connectivity index (χ2v) is 14.1. The van der Waals surface area contributed by atoms with Crippen LogP contribution in [0.4, 0.5) is 0 Å². The van der Waals surface area contributed by atoms with Gasteiger partial charge in [0.25, 0.3) is 0 Å². The Hall–Kier alpha value is -0.340. The van der Waals surface area contributed by atoms with E-state index in [1.807, 2.05) is 0 Å². The van der Waals surface area contributed by atoms with Gasteiger partial charge in [-0.25, -0.2) is 0 Å². The van der Waals surface area contributed by atoms with Gasteiger partial charge in [-0.05, 0) is 85.5 Å². The number of nitrogens with one attached hydrogen (secondary N) is 2. The van der Waals surface area contributed by atoms with Gasteiger partial charge in [-0.2, -0.15) is 0 Å². The molecule has 1 aliphatic rings. The van der Waals surface area contributed by atoms with Crippen LogP contribution in [0.25, 0.3) is 0 Å². The first kappa shape index (κ1) is 33.7. The highest BCUT2D eigenvalue weighted by Crippen LogP contribution is 2.49. The minimum absolute atomic E-state index is 0.681. The van der Waals surface area contributed by atoms with Gasteiger partial charge in [-0.1, -0.05) is 113 Å². The van der Waals surface area contributed by atoms with Crippen LogP contribution in [-0.4, -0.2) is 25.7 Å². The fourth-order valence-electron chi connectivity index (χ4n) is 5.96. The Kier molecular flexibility index (Phi) is 17.6. The summed E-state index contributed by atoms with van der Waals surface area (Å²) in [6.07, 6.45) is 17.2. The van der Waals surface area contributed by atoms with Gasteiger partial charge in [0.05, 0.1) is 0 Å². The van der Waals surface area contributed by atoms with Gasteiger partial charge in [-0.15, -0.1) is 0 Å². The molecule has 36 heavy (non-hydrogen) atoms. The summed E-state index contributed by atoms with van der Waals surface area (Å²) in [6, 6.07) is 0.715. The normalized spacial score (nSPS) is 22.5. The highest BCUT2D eigenvalue weighted by atomic mass is 15.0. The Morgan fingerprint density at radius 3 is 2.06 bits per heavy atom. The van der Waals surface area contributed by atoms with E-state index in [9.17, 15) is 0 Å². The number of allylic oxidation sites excluding steroid dienone is 2. The molecule has 0 aromatic carbocycles. The molecular formula is C34H68N2. The third kappa shape index (κ3) is 15.8. The summed E-state index contributed by atoms with van der Waals surface area (Å²) in [7, 11) is 0. The molecule has 214 valence electrons. The zero-order valence-electron chi connectivity index (χ0n) is 26.4. The van der Waals surface area contributed by atoms with E-state index < -0.39 is 0 Å². The van der Waals surface area contributed by atoms with E-state index in [0.717, 1.165) is 67.0 Å². The molecule has 2 N–H and O–H groups in total. The molecule has 0 saturated heterocycles. The van der Waals surface area contributed by atoms with E-state index in [1.165, 1.54) is 57.8 Å². The van der Waals surface area contributed by atoms with Crippen LogP contribution in [0.1, 0.15) is 127 Å². The molecule has 1 rings (SSSR count). The second-order valence-electron chi connectivity index (χ2n) is 14.1. The summed E-state index contributed by atoms with van der Waals surface area (Å²) in [5.74, 6) is 7.52. The molecule has 0 aliphatic heterocycles. The number of hydrogen-bond acceptors (Lipinski definition) is 2. The monoisotopic (exact) mass is 505 g/mol. The van der Waals surface area contributed by atoms with Gasteiger partial charge < -0.3 is 10.6 Å². The lowest BCUT2D eigenvalue weighted by Crippen LogP contribution is -2.39. The molecular weight excluding hydrogens is 436 g/mol. The summed E-state index contributed by atoms with van der Waals surface area (Å²) in [5.41, 5.74) is 0. The van der Waals surface area contributed by atoms with Gasteiger partial charge in [0.2, 0.25) is 0 Å². The molecule has 0 spiro atoms. The van der Waals surface area contributed by atoms with Crippen molar-refractivity contribution in [1.82, 2.24) is 10.6 Å². The van der Waals surface area contributed by atoms with Crippen LogP contribution in [0, 0.1) is 53.3 Å². The van der Waals surface area contributed by atoms with Crippen molar-refractivity contribution in [2.75, 3.05) is 19.6 Å². The van der Waals surface area contributed by atoms with Crippen LogP contribution in [0.15, 0.2) is 12.2 Å². The minimum Gasteiger partial charge on any atom is -0.315 e. The van der Waals surface area contributed by atoms with Gasteiger partial charge in [0.1, 0.15) is 0 Å². The number of hydrogen-bond donors (Lipinski definition) is 2. The molecule has 7 atom stereocenters. The summed E-state index contributed by atoms with van der Waals surface area (Å²) in [6.45, 7) is 27.2. The third-order valence-electron chi connectivity index (χ3n) is 8.89. The number of rotatable bonds is 22. The molecule has 1 saturated carbocycles. The van der Waals surface area contributed by atoms with Crippen LogP contribution in [-0.2, 0) is 0 Å². The Labute approximate surface area is 228 Å². The highest BCUT2D eigenvalue weighted by Gasteiger charge is 2.45. The van der Waals surface area contributed by atoms with Crippen molar-refractivity contribution in [3.05, 3.63) is 12.2 Å². The highest BCUT2D eigenvalue weighted by molar-refractivity contribution is 4.97. The maximum atomic E-state index is 4.03. The fraction of sp³-hybridized carbons (Fsp3) is 0.941. The van der Waals surface area contributed by atoms with E-state index in [-0.39, 0.29) is 0 Å². The minimum atomic E-state index is 0.681. The zero-order valence-corrected chi connectivity index (χ0v) is 26.4. The van der Waals surface area contributed by atoms with E-state index >= 15 is 0 Å². The average molecular weight is 505 g/mol. The van der Waals surface area contributed by atoms with Crippen molar-refractivity contribution in [3.63, 3.8) is 0 Å². The largest absolute Gasteiger partial charge is 0.315 e. The first-order chi connectivity index (χ1) is 17.0. The first-order valence-electron chi connectivity index (χ1n) is 16.1. The summed E-state index contributed by atoms with van der Waals surface area (Å²) in [4.78, 5) is 0. The maximum absolute atomic E-state index is 4.03.